The highest BCUT2D eigenvalue weighted by Crippen LogP contribution is 2.20. The van der Waals surface area contributed by atoms with Crippen molar-refractivity contribution in [2.24, 2.45) is 0 Å². The van der Waals surface area contributed by atoms with Crippen LogP contribution >= 0.6 is 15.9 Å². The summed E-state index contributed by atoms with van der Waals surface area (Å²) >= 11 is 3.43. The minimum atomic E-state index is -0.0669. The molecule has 20 heavy (non-hydrogen) atoms. The Morgan fingerprint density at radius 3 is 2.30 bits per heavy atom. The Bertz CT molecular complexity index is 549. The van der Waals surface area contributed by atoms with Crippen LogP contribution in [-0.4, -0.2) is 29.3 Å². The number of hydrogen-bond acceptors (Lipinski definition) is 4. The van der Waals surface area contributed by atoms with E-state index in [9.17, 15) is 0 Å². The van der Waals surface area contributed by atoms with Crippen LogP contribution in [0, 0.1) is 0 Å². The number of nitrogens with zero attached hydrogens (tertiary/aromatic N) is 2. The quantitative estimate of drug-likeness (QED) is 0.880. The number of likely N-dealkylation sites (N-methyl/N-ethyl adjacent to an activating group) is 1. The van der Waals surface area contributed by atoms with Gasteiger partial charge < -0.3 is 10.6 Å². The van der Waals surface area contributed by atoms with E-state index >= 15 is 0 Å². The molecule has 1 aromatic carbocycles. The van der Waals surface area contributed by atoms with Gasteiger partial charge in [0.25, 0.3) is 0 Å². The number of nitrogens with one attached hydrogen (secondary N) is 2. The lowest BCUT2D eigenvalue weighted by Gasteiger charge is -2.26. The van der Waals surface area contributed by atoms with Gasteiger partial charge in [-0.1, -0.05) is 28.1 Å². The van der Waals surface area contributed by atoms with Crippen molar-refractivity contribution >= 4 is 21.7 Å². The highest BCUT2D eigenvalue weighted by Gasteiger charge is 2.16. The van der Waals surface area contributed by atoms with Crippen molar-refractivity contribution in [2.45, 2.75) is 19.4 Å². The van der Waals surface area contributed by atoms with E-state index in [1.807, 2.05) is 43.4 Å². The van der Waals surface area contributed by atoms with Crippen molar-refractivity contribution in [3.8, 4) is 11.3 Å². The van der Waals surface area contributed by atoms with Crippen LogP contribution in [0.25, 0.3) is 11.3 Å². The number of benzene rings is 1. The highest BCUT2D eigenvalue weighted by molar-refractivity contribution is 9.10. The molecule has 2 aromatic rings. The lowest BCUT2D eigenvalue weighted by atomic mass is 10.1. The predicted octanol–water partition coefficient (Wildman–Crippen LogP) is 3.32. The van der Waals surface area contributed by atoms with E-state index in [1.54, 1.807) is 0 Å². The van der Waals surface area contributed by atoms with E-state index in [0.717, 1.165) is 28.1 Å². The van der Waals surface area contributed by atoms with Crippen LogP contribution in [0.2, 0.25) is 0 Å². The number of halogens is 1. The first-order valence-corrected chi connectivity index (χ1v) is 7.32. The van der Waals surface area contributed by atoms with Crippen molar-refractivity contribution in [3.05, 3.63) is 40.9 Å². The molecule has 2 N–H and O–H groups in total. The smallest absolute Gasteiger partial charge is 0.149 e. The third-order valence-corrected chi connectivity index (χ3v) is 3.42. The van der Waals surface area contributed by atoms with Gasteiger partial charge >= 0.3 is 0 Å². The van der Waals surface area contributed by atoms with Crippen LogP contribution in [-0.2, 0) is 0 Å². The van der Waals surface area contributed by atoms with Gasteiger partial charge in [0.1, 0.15) is 5.82 Å². The van der Waals surface area contributed by atoms with Crippen molar-refractivity contribution < 1.29 is 0 Å². The summed E-state index contributed by atoms with van der Waals surface area (Å²) in [7, 11) is 1.94. The molecule has 0 aliphatic rings. The molecule has 0 fully saturated rings. The largest absolute Gasteiger partial charge is 0.362 e. The zero-order valence-corrected chi connectivity index (χ0v) is 13.5. The third kappa shape index (κ3) is 4.02. The number of hydrogen-bond donors (Lipinski definition) is 2. The van der Waals surface area contributed by atoms with Gasteiger partial charge in [-0.3, -0.25) is 0 Å². The highest BCUT2D eigenvalue weighted by atomic mass is 79.9. The monoisotopic (exact) mass is 334 g/mol. The Balaban J connectivity index is 2.12. The minimum absolute atomic E-state index is 0.0669. The van der Waals surface area contributed by atoms with Gasteiger partial charge in [-0.15, -0.1) is 10.2 Å². The molecule has 5 heteroatoms. The van der Waals surface area contributed by atoms with E-state index in [2.05, 4.69) is 50.6 Å². The Kier molecular flexibility index (Phi) is 4.73. The molecule has 0 amide bonds. The normalized spacial score (nSPS) is 11.4. The molecule has 0 atom stereocenters. The molecule has 2 rings (SSSR count). The summed E-state index contributed by atoms with van der Waals surface area (Å²) in [5.41, 5.74) is 1.86. The van der Waals surface area contributed by atoms with Crippen molar-refractivity contribution in [1.82, 2.24) is 15.5 Å². The van der Waals surface area contributed by atoms with E-state index in [1.165, 1.54) is 0 Å². The molecule has 106 valence electrons. The number of rotatable bonds is 5. The van der Waals surface area contributed by atoms with Gasteiger partial charge in [0, 0.05) is 22.1 Å². The van der Waals surface area contributed by atoms with Crippen LogP contribution in [0.15, 0.2) is 40.9 Å². The molecule has 0 spiro atoms. The summed E-state index contributed by atoms with van der Waals surface area (Å²) in [6.45, 7) is 5.09. The van der Waals surface area contributed by atoms with Gasteiger partial charge in [0.05, 0.1) is 5.69 Å². The van der Waals surface area contributed by atoms with Gasteiger partial charge in [-0.2, -0.15) is 0 Å². The summed E-state index contributed by atoms with van der Waals surface area (Å²) < 4.78 is 1.06. The SMILES string of the molecule is CNCC(C)(C)Nc1ccc(-c2ccc(Br)cc2)nn1. The average Bonchev–Trinajstić information content (AvgIpc) is 2.40. The maximum Gasteiger partial charge on any atom is 0.149 e. The molecular formula is C15H19BrN4. The molecular weight excluding hydrogens is 316 g/mol. The fourth-order valence-electron chi connectivity index (χ4n) is 2.01. The standard InChI is InChI=1S/C15H19BrN4/c1-15(2,10-17-3)18-14-9-8-13(19-20-14)11-4-6-12(16)7-5-11/h4-9,17H,10H2,1-3H3,(H,18,20). The Hall–Kier alpha value is -1.46. The van der Waals surface area contributed by atoms with Gasteiger partial charge in [0.15, 0.2) is 0 Å². The second kappa shape index (κ2) is 6.33. The average molecular weight is 335 g/mol. The number of aromatic nitrogens is 2. The predicted molar refractivity (Wildman–Crippen MR) is 86.8 cm³/mol. The molecule has 1 aromatic heterocycles. The summed E-state index contributed by atoms with van der Waals surface area (Å²) in [5.74, 6) is 0.783. The maximum atomic E-state index is 4.27. The molecule has 0 saturated carbocycles. The molecule has 1 heterocycles. The van der Waals surface area contributed by atoms with Crippen LogP contribution in [0.3, 0.4) is 0 Å². The Labute approximate surface area is 128 Å². The molecule has 4 nitrogen and oxygen atoms in total. The fraction of sp³-hybridized carbons (Fsp3) is 0.333. The van der Waals surface area contributed by atoms with Gasteiger partial charge in [-0.05, 0) is 45.2 Å². The molecule has 0 unspecified atom stereocenters. The zero-order chi connectivity index (χ0) is 14.6. The summed E-state index contributed by atoms with van der Waals surface area (Å²) in [6, 6.07) is 12.0. The first-order chi connectivity index (χ1) is 9.50. The minimum Gasteiger partial charge on any atom is -0.362 e. The fourth-order valence-corrected chi connectivity index (χ4v) is 2.27. The topological polar surface area (TPSA) is 49.8 Å². The lowest BCUT2D eigenvalue weighted by Crippen LogP contribution is -2.40. The zero-order valence-electron chi connectivity index (χ0n) is 11.9. The van der Waals surface area contributed by atoms with E-state index in [-0.39, 0.29) is 5.54 Å². The molecule has 0 radical (unpaired) electrons. The van der Waals surface area contributed by atoms with Crippen LogP contribution < -0.4 is 10.6 Å². The van der Waals surface area contributed by atoms with Crippen LogP contribution in [0.1, 0.15) is 13.8 Å². The van der Waals surface area contributed by atoms with E-state index in [0.29, 0.717) is 0 Å². The summed E-state index contributed by atoms with van der Waals surface area (Å²) in [6.07, 6.45) is 0. The summed E-state index contributed by atoms with van der Waals surface area (Å²) in [4.78, 5) is 0. The first-order valence-electron chi connectivity index (χ1n) is 6.53. The first kappa shape index (κ1) is 14.9. The Morgan fingerprint density at radius 1 is 1.05 bits per heavy atom. The second-order valence-electron chi connectivity index (χ2n) is 5.35. The van der Waals surface area contributed by atoms with Gasteiger partial charge in [0.2, 0.25) is 0 Å². The molecule has 0 aliphatic carbocycles. The number of anilines is 1. The van der Waals surface area contributed by atoms with E-state index in [4.69, 9.17) is 0 Å². The lowest BCUT2D eigenvalue weighted by molar-refractivity contribution is 0.527. The maximum absolute atomic E-state index is 4.27. The van der Waals surface area contributed by atoms with Crippen molar-refractivity contribution in [2.75, 3.05) is 18.9 Å². The molecule has 0 bridgehead atoms. The van der Waals surface area contributed by atoms with Gasteiger partial charge in [-0.25, -0.2) is 0 Å². The van der Waals surface area contributed by atoms with E-state index < -0.39 is 0 Å². The molecule has 0 aliphatic heterocycles. The Morgan fingerprint density at radius 2 is 1.75 bits per heavy atom. The van der Waals surface area contributed by atoms with Crippen molar-refractivity contribution in [3.63, 3.8) is 0 Å². The third-order valence-electron chi connectivity index (χ3n) is 2.89. The van der Waals surface area contributed by atoms with Crippen LogP contribution in [0.4, 0.5) is 5.82 Å². The second-order valence-corrected chi connectivity index (χ2v) is 6.27. The van der Waals surface area contributed by atoms with Crippen molar-refractivity contribution in [1.29, 1.82) is 0 Å². The molecule has 0 saturated heterocycles. The summed E-state index contributed by atoms with van der Waals surface area (Å²) in [5, 5.41) is 15.0. The van der Waals surface area contributed by atoms with Crippen LogP contribution in [0.5, 0.6) is 0 Å².